The molecule has 0 bridgehead atoms. The van der Waals surface area contributed by atoms with Crippen molar-refractivity contribution < 1.29 is 31.9 Å². The number of carbonyl (C=O) groups is 3. The van der Waals surface area contributed by atoms with Crippen LogP contribution >= 0.6 is 0 Å². The van der Waals surface area contributed by atoms with E-state index in [1.54, 1.807) is 6.07 Å². The second kappa shape index (κ2) is 9.14. The van der Waals surface area contributed by atoms with Gasteiger partial charge in [-0.1, -0.05) is 12.1 Å². The lowest BCUT2D eigenvalue weighted by atomic mass is 9.68. The molecule has 2 N–H and O–H groups in total. The van der Waals surface area contributed by atoms with Crippen LogP contribution in [0.1, 0.15) is 29.5 Å². The summed E-state index contributed by atoms with van der Waals surface area (Å²) in [6, 6.07) is 8.67. The molecule has 1 heterocycles. The lowest BCUT2D eigenvalue weighted by Gasteiger charge is -2.56. The van der Waals surface area contributed by atoms with Gasteiger partial charge < -0.3 is 15.5 Å². The van der Waals surface area contributed by atoms with E-state index >= 15 is 0 Å². The number of amides is 4. The van der Waals surface area contributed by atoms with E-state index < -0.39 is 53.5 Å². The minimum absolute atomic E-state index is 0.0417. The molecule has 4 rings (SSSR count). The van der Waals surface area contributed by atoms with Gasteiger partial charge in [-0.05, 0) is 35.9 Å². The zero-order chi connectivity index (χ0) is 26.3. The maximum absolute atomic E-state index is 14.7. The highest BCUT2D eigenvalue weighted by Crippen LogP contribution is 2.44. The van der Waals surface area contributed by atoms with Crippen molar-refractivity contribution in [3.05, 3.63) is 65.0 Å². The van der Waals surface area contributed by atoms with E-state index in [2.05, 4.69) is 10.6 Å². The third-order valence-electron chi connectivity index (χ3n) is 6.47. The van der Waals surface area contributed by atoms with Gasteiger partial charge in [0.1, 0.15) is 17.9 Å². The monoisotopic (exact) mass is 503 g/mol. The summed E-state index contributed by atoms with van der Waals surface area (Å²) in [5, 5.41) is 14.1. The quantitative estimate of drug-likeness (QED) is 0.626. The summed E-state index contributed by atoms with van der Waals surface area (Å²) in [6.45, 7) is -0.628. The Morgan fingerprint density at radius 1 is 1.17 bits per heavy atom. The molecular formula is C24H21F4N5O3. The highest BCUT2D eigenvalue weighted by Gasteiger charge is 2.60. The fourth-order valence-corrected chi connectivity index (χ4v) is 4.62. The Morgan fingerprint density at radius 3 is 2.39 bits per heavy atom. The first-order valence-electron chi connectivity index (χ1n) is 10.9. The topological polar surface area (TPSA) is 106 Å². The molecule has 2 aliphatic rings. The number of nitrogens with one attached hydrogen (secondary N) is 2. The molecule has 188 valence electrons. The molecule has 4 amide bonds. The van der Waals surface area contributed by atoms with Crippen LogP contribution in [0.2, 0.25) is 0 Å². The number of nitriles is 1. The maximum atomic E-state index is 14.7. The van der Waals surface area contributed by atoms with Crippen molar-refractivity contribution in [2.45, 2.75) is 37.1 Å². The summed E-state index contributed by atoms with van der Waals surface area (Å²) in [6.07, 6.45) is -4.44. The van der Waals surface area contributed by atoms with Gasteiger partial charge in [0.05, 0.1) is 22.9 Å². The van der Waals surface area contributed by atoms with Gasteiger partial charge in [-0.3, -0.25) is 14.5 Å². The smallest absolute Gasteiger partial charge is 0.341 e. The van der Waals surface area contributed by atoms with E-state index in [0.717, 1.165) is 23.1 Å². The fourth-order valence-electron chi connectivity index (χ4n) is 4.62. The molecule has 2 aromatic rings. The minimum Gasteiger partial charge on any atom is -0.341 e. The highest BCUT2D eigenvalue weighted by atomic mass is 19.4. The van der Waals surface area contributed by atoms with Gasteiger partial charge in [0.15, 0.2) is 0 Å². The van der Waals surface area contributed by atoms with E-state index in [4.69, 9.17) is 5.26 Å². The Hall–Kier alpha value is -4.14. The first-order valence-corrected chi connectivity index (χ1v) is 10.9. The van der Waals surface area contributed by atoms with Crippen LogP contribution in [0.4, 0.5) is 28.0 Å². The van der Waals surface area contributed by atoms with Crippen LogP contribution in [-0.4, -0.2) is 47.9 Å². The van der Waals surface area contributed by atoms with Gasteiger partial charge in [0.25, 0.3) is 5.91 Å². The van der Waals surface area contributed by atoms with Crippen molar-refractivity contribution in [3.63, 3.8) is 0 Å². The Morgan fingerprint density at radius 2 is 1.83 bits per heavy atom. The Bertz CT molecular complexity index is 1250. The van der Waals surface area contributed by atoms with Crippen LogP contribution in [0, 0.1) is 17.1 Å². The van der Waals surface area contributed by atoms with Crippen molar-refractivity contribution in [3.8, 4) is 6.07 Å². The lowest BCUT2D eigenvalue weighted by Crippen LogP contribution is -2.75. The standard InChI is InChI=1S/C24H21F4N5O3/c1-30-22(36)31-17-9-23(10-17)21(35)32(19-7-4-15(11-29)8-18(19)25)13-20(34)33(23)12-14-2-5-16(6-3-14)24(26,27)28/h2-8,17H,9-10,12-13H2,1H3,(H2,30,31,36)/t17-,23+. The Labute approximate surface area is 203 Å². The van der Waals surface area contributed by atoms with Crippen molar-refractivity contribution >= 4 is 23.5 Å². The zero-order valence-electron chi connectivity index (χ0n) is 19.0. The van der Waals surface area contributed by atoms with Crippen LogP contribution < -0.4 is 15.5 Å². The predicted molar refractivity (Wildman–Crippen MR) is 119 cm³/mol. The summed E-state index contributed by atoms with van der Waals surface area (Å²) < 4.78 is 53.6. The Kier molecular flexibility index (Phi) is 6.34. The van der Waals surface area contributed by atoms with E-state index in [1.807, 2.05) is 0 Å². The molecule has 0 aromatic heterocycles. The van der Waals surface area contributed by atoms with Crippen LogP contribution in [0.25, 0.3) is 0 Å². The second-order valence-corrected chi connectivity index (χ2v) is 8.70. The number of halogens is 4. The lowest BCUT2D eigenvalue weighted by molar-refractivity contribution is -0.159. The number of carbonyl (C=O) groups excluding carboxylic acids is 3. The molecule has 1 spiro atoms. The van der Waals surface area contributed by atoms with Crippen LogP contribution in [0.3, 0.4) is 0 Å². The average molecular weight is 503 g/mol. The first kappa shape index (κ1) is 25.0. The molecular weight excluding hydrogens is 482 g/mol. The van der Waals surface area contributed by atoms with Crippen molar-refractivity contribution in [1.82, 2.24) is 15.5 Å². The summed E-state index contributed by atoms with van der Waals surface area (Å²) in [5.41, 5.74) is -2.01. The third kappa shape index (κ3) is 4.44. The minimum atomic E-state index is -4.52. The average Bonchev–Trinajstić information content (AvgIpc) is 2.81. The molecule has 1 saturated carbocycles. The van der Waals surface area contributed by atoms with Crippen LogP contribution in [-0.2, 0) is 22.3 Å². The van der Waals surface area contributed by atoms with Gasteiger partial charge >= 0.3 is 12.2 Å². The third-order valence-corrected chi connectivity index (χ3v) is 6.47. The maximum Gasteiger partial charge on any atom is 0.416 e. The summed E-state index contributed by atoms with van der Waals surface area (Å²) in [7, 11) is 1.42. The highest BCUT2D eigenvalue weighted by molar-refractivity contribution is 6.10. The SMILES string of the molecule is CNC(=O)N[C@H]1C[C@@]2(C1)C(=O)N(c1ccc(C#N)cc1F)CC(=O)N2Cc1ccc(C(F)(F)F)cc1. The number of hydrogen-bond donors (Lipinski definition) is 2. The van der Waals surface area contributed by atoms with E-state index in [1.165, 1.54) is 36.2 Å². The summed E-state index contributed by atoms with van der Waals surface area (Å²) in [5.74, 6) is -1.95. The Balaban J connectivity index is 1.65. The van der Waals surface area contributed by atoms with Crippen molar-refractivity contribution in [1.29, 1.82) is 5.26 Å². The normalized spacial score (nSPS) is 21.7. The van der Waals surface area contributed by atoms with Crippen molar-refractivity contribution in [2.75, 3.05) is 18.5 Å². The second-order valence-electron chi connectivity index (χ2n) is 8.70. The molecule has 36 heavy (non-hydrogen) atoms. The fraction of sp³-hybridized carbons (Fsp3) is 0.333. The molecule has 0 atom stereocenters. The number of piperazine rings is 1. The molecule has 2 aromatic carbocycles. The molecule has 1 aliphatic heterocycles. The number of hydrogen-bond acceptors (Lipinski definition) is 4. The van der Waals surface area contributed by atoms with Crippen LogP contribution in [0.5, 0.6) is 0 Å². The van der Waals surface area contributed by atoms with Gasteiger partial charge in [-0.25, -0.2) is 9.18 Å². The van der Waals surface area contributed by atoms with E-state index in [-0.39, 0.29) is 30.6 Å². The van der Waals surface area contributed by atoms with Gasteiger partial charge in [0, 0.05) is 32.5 Å². The number of rotatable bonds is 4. The summed E-state index contributed by atoms with van der Waals surface area (Å²) >= 11 is 0. The predicted octanol–water partition coefficient (Wildman–Crippen LogP) is 2.92. The van der Waals surface area contributed by atoms with Gasteiger partial charge in [-0.2, -0.15) is 18.4 Å². The van der Waals surface area contributed by atoms with E-state index in [9.17, 15) is 31.9 Å². The number of alkyl halides is 3. The van der Waals surface area contributed by atoms with Crippen molar-refractivity contribution in [2.24, 2.45) is 0 Å². The van der Waals surface area contributed by atoms with Gasteiger partial charge in [-0.15, -0.1) is 0 Å². The van der Waals surface area contributed by atoms with Crippen LogP contribution in [0.15, 0.2) is 42.5 Å². The first-order chi connectivity index (χ1) is 17.0. The van der Waals surface area contributed by atoms with E-state index in [0.29, 0.717) is 5.56 Å². The zero-order valence-corrected chi connectivity index (χ0v) is 19.0. The molecule has 12 heteroatoms. The number of anilines is 1. The molecule has 8 nitrogen and oxygen atoms in total. The summed E-state index contributed by atoms with van der Waals surface area (Å²) in [4.78, 5) is 41.0. The number of benzene rings is 2. The largest absolute Gasteiger partial charge is 0.416 e. The number of nitrogens with zero attached hydrogens (tertiary/aromatic N) is 3. The molecule has 1 aliphatic carbocycles. The van der Waals surface area contributed by atoms with Gasteiger partial charge in [0.2, 0.25) is 5.91 Å². The number of urea groups is 1. The molecule has 1 saturated heterocycles. The molecule has 2 fully saturated rings. The molecule has 0 radical (unpaired) electrons. The molecule has 0 unspecified atom stereocenters.